The van der Waals surface area contributed by atoms with Gasteiger partial charge in [-0.15, -0.1) is 0 Å². The summed E-state index contributed by atoms with van der Waals surface area (Å²) in [5, 5.41) is 4.36. The Hall–Kier alpha value is -2.62. The zero-order valence-electron chi connectivity index (χ0n) is 15.9. The molecule has 0 radical (unpaired) electrons. The molecular formula is C22H28N2O2. The van der Waals surface area contributed by atoms with Crippen molar-refractivity contribution in [3.63, 3.8) is 0 Å². The molecule has 0 atom stereocenters. The number of nitrogens with one attached hydrogen (secondary N) is 1. The van der Waals surface area contributed by atoms with Crippen molar-refractivity contribution >= 4 is 11.6 Å². The molecule has 2 aromatic rings. The second-order valence-electron chi connectivity index (χ2n) is 6.47. The molecule has 0 aliphatic carbocycles. The molecule has 0 aromatic heterocycles. The maximum Gasteiger partial charge on any atom is 0.277 e. The number of hydrazone groups is 1. The van der Waals surface area contributed by atoms with E-state index in [-0.39, 0.29) is 12.5 Å². The molecule has 2 rings (SSSR count). The van der Waals surface area contributed by atoms with Gasteiger partial charge in [0.05, 0.1) is 5.71 Å². The quantitative estimate of drug-likeness (QED) is 0.401. The highest BCUT2D eigenvalue weighted by Crippen LogP contribution is 2.18. The lowest BCUT2D eigenvalue weighted by atomic mass is 10.0. The van der Waals surface area contributed by atoms with Crippen LogP contribution in [0.3, 0.4) is 0 Å². The molecule has 138 valence electrons. The number of benzene rings is 2. The van der Waals surface area contributed by atoms with Crippen molar-refractivity contribution in [2.45, 2.75) is 46.5 Å². The smallest absolute Gasteiger partial charge is 0.277 e. The van der Waals surface area contributed by atoms with Gasteiger partial charge in [-0.2, -0.15) is 5.10 Å². The van der Waals surface area contributed by atoms with Crippen LogP contribution in [-0.4, -0.2) is 18.2 Å². The van der Waals surface area contributed by atoms with E-state index in [1.165, 1.54) is 0 Å². The number of carbonyl (C=O) groups is 1. The molecular weight excluding hydrogens is 324 g/mol. The monoisotopic (exact) mass is 352 g/mol. The number of amides is 1. The van der Waals surface area contributed by atoms with E-state index in [1.807, 2.05) is 62.4 Å². The molecule has 1 amide bonds. The number of hydrogen-bond donors (Lipinski definition) is 1. The lowest BCUT2D eigenvalue weighted by molar-refractivity contribution is -0.123. The number of nitrogens with zero attached hydrogens (tertiary/aromatic N) is 1. The number of unbranched alkanes of at least 4 members (excludes halogenated alkanes) is 2. The Labute approximate surface area is 156 Å². The first-order chi connectivity index (χ1) is 12.6. The molecule has 0 saturated carbocycles. The summed E-state index contributed by atoms with van der Waals surface area (Å²) in [5.41, 5.74) is 6.69. The van der Waals surface area contributed by atoms with Crippen molar-refractivity contribution in [1.82, 2.24) is 5.43 Å². The van der Waals surface area contributed by atoms with E-state index in [4.69, 9.17) is 4.74 Å². The zero-order valence-corrected chi connectivity index (χ0v) is 15.9. The first-order valence-corrected chi connectivity index (χ1v) is 9.21. The Kier molecular flexibility index (Phi) is 7.87. The summed E-state index contributed by atoms with van der Waals surface area (Å²) in [4.78, 5) is 12.1. The Bertz CT molecular complexity index is 739. The van der Waals surface area contributed by atoms with Crippen LogP contribution < -0.4 is 10.2 Å². The van der Waals surface area contributed by atoms with Gasteiger partial charge in [-0.05, 0) is 49.4 Å². The Morgan fingerprint density at radius 3 is 2.58 bits per heavy atom. The fraction of sp³-hybridized carbons (Fsp3) is 0.364. The first-order valence-electron chi connectivity index (χ1n) is 9.21. The van der Waals surface area contributed by atoms with Gasteiger partial charge in [0, 0.05) is 0 Å². The third-order valence-electron chi connectivity index (χ3n) is 4.14. The van der Waals surface area contributed by atoms with Crippen LogP contribution >= 0.6 is 0 Å². The fourth-order valence-electron chi connectivity index (χ4n) is 2.61. The van der Waals surface area contributed by atoms with E-state index in [9.17, 15) is 4.79 Å². The predicted molar refractivity (Wildman–Crippen MR) is 107 cm³/mol. The predicted octanol–water partition coefficient (Wildman–Crippen LogP) is 4.78. The Morgan fingerprint density at radius 2 is 1.85 bits per heavy atom. The summed E-state index contributed by atoms with van der Waals surface area (Å²) in [6.45, 7) is 6.09. The van der Waals surface area contributed by atoms with Gasteiger partial charge in [0.1, 0.15) is 5.75 Å². The zero-order chi connectivity index (χ0) is 18.8. The molecule has 0 unspecified atom stereocenters. The van der Waals surface area contributed by atoms with E-state index in [0.29, 0.717) is 0 Å². The van der Waals surface area contributed by atoms with Gasteiger partial charge in [-0.3, -0.25) is 4.79 Å². The van der Waals surface area contributed by atoms with Gasteiger partial charge < -0.3 is 4.74 Å². The van der Waals surface area contributed by atoms with Crippen LogP contribution in [0.1, 0.15) is 49.3 Å². The molecule has 0 aliphatic heterocycles. The lowest BCUT2D eigenvalue weighted by Crippen LogP contribution is -2.26. The van der Waals surface area contributed by atoms with Crippen LogP contribution in [0, 0.1) is 13.8 Å². The minimum Gasteiger partial charge on any atom is -0.483 e. The van der Waals surface area contributed by atoms with Crippen molar-refractivity contribution < 1.29 is 9.53 Å². The van der Waals surface area contributed by atoms with Gasteiger partial charge in [0.2, 0.25) is 0 Å². The van der Waals surface area contributed by atoms with Crippen molar-refractivity contribution in [3.8, 4) is 5.75 Å². The fourth-order valence-corrected chi connectivity index (χ4v) is 2.61. The van der Waals surface area contributed by atoms with E-state index in [2.05, 4.69) is 17.5 Å². The topological polar surface area (TPSA) is 50.7 Å². The largest absolute Gasteiger partial charge is 0.483 e. The minimum absolute atomic E-state index is 0.0508. The maximum absolute atomic E-state index is 12.1. The molecule has 4 heteroatoms. The molecule has 1 N–H and O–H groups in total. The average molecular weight is 352 g/mol. The van der Waals surface area contributed by atoms with Crippen molar-refractivity contribution in [1.29, 1.82) is 0 Å². The van der Waals surface area contributed by atoms with Crippen LogP contribution in [0.15, 0.2) is 53.6 Å². The molecule has 0 saturated heterocycles. The highest BCUT2D eigenvalue weighted by atomic mass is 16.5. The highest BCUT2D eigenvalue weighted by molar-refractivity contribution is 6.01. The van der Waals surface area contributed by atoms with Gasteiger partial charge in [0.25, 0.3) is 5.91 Å². The normalized spacial score (nSPS) is 11.3. The van der Waals surface area contributed by atoms with E-state index >= 15 is 0 Å². The van der Waals surface area contributed by atoms with E-state index in [0.717, 1.165) is 53.8 Å². The third kappa shape index (κ3) is 6.36. The average Bonchev–Trinajstić information content (AvgIpc) is 2.66. The number of aryl methyl sites for hydroxylation is 2. The van der Waals surface area contributed by atoms with E-state index < -0.39 is 0 Å². The summed E-state index contributed by atoms with van der Waals surface area (Å²) < 4.78 is 5.63. The summed E-state index contributed by atoms with van der Waals surface area (Å²) in [5.74, 6) is 0.477. The van der Waals surface area contributed by atoms with Gasteiger partial charge in [-0.25, -0.2) is 5.43 Å². The highest BCUT2D eigenvalue weighted by Gasteiger charge is 2.07. The van der Waals surface area contributed by atoms with E-state index in [1.54, 1.807) is 0 Å². The van der Waals surface area contributed by atoms with Crippen LogP contribution in [0.4, 0.5) is 0 Å². The molecule has 0 spiro atoms. The molecule has 0 heterocycles. The standard InChI is InChI=1S/C22H28N2O2/c1-4-5-7-12-20(19-10-8-6-9-11-19)23-24-22(25)16-26-21-15-17(2)13-14-18(21)3/h6,8-11,13-15H,4-5,7,12,16H2,1-3H3,(H,24,25). The van der Waals surface area contributed by atoms with Gasteiger partial charge in [0.15, 0.2) is 6.61 Å². The number of carbonyl (C=O) groups excluding carboxylic acids is 1. The maximum atomic E-state index is 12.1. The van der Waals surface area contributed by atoms with Crippen molar-refractivity contribution in [2.24, 2.45) is 5.10 Å². The molecule has 0 fully saturated rings. The van der Waals surface area contributed by atoms with Crippen LogP contribution in [0.2, 0.25) is 0 Å². The summed E-state index contributed by atoms with van der Waals surface area (Å²) in [6, 6.07) is 15.9. The van der Waals surface area contributed by atoms with Gasteiger partial charge in [-0.1, -0.05) is 62.2 Å². The van der Waals surface area contributed by atoms with Crippen LogP contribution in [0.25, 0.3) is 0 Å². The SMILES string of the molecule is CCCCCC(=NNC(=O)COc1cc(C)ccc1C)c1ccccc1. The number of ether oxygens (including phenoxy) is 1. The van der Waals surface area contributed by atoms with Crippen LogP contribution in [0.5, 0.6) is 5.75 Å². The number of rotatable bonds is 9. The number of hydrogen-bond acceptors (Lipinski definition) is 3. The Balaban J connectivity index is 1.96. The summed E-state index contributed by atoms with van der Waals surface area (Å²) in [6.07, 6.45) is 4.20. The van der Waals surface area contributed by atoms with Crippen LogP contribution in [-0.2, 0) is 4.79 Å². The summed E-state index contributed by atoms with van der Waals surface area (Å²) >= 11 is 0. The van der Waals surface area contributed by atoms with Crippen molar-refractivity contribution in [3.05, 3.63) is 65.2 Å². The molecule has 4 nitrogen and oxygen atoms in total. The van der Waals surface area contributed by atoms with Gasteiger partial charge >= 0.3 is 0 Å². The molecule has 26 heavy (non-hydrogen) atoms. The lowest BCUT2D eigenvalue weighted by Gasteiger charge is -2.10. The second-order valence-corrected chi connectivity index (χ2v) is 6.47. The Morgan fingerprint density at radius 1 is 1.08 bits per heavy atom. The second kappa shape index (κ2) is 10.4. The molecule has 0 aliphatic rings. The molecule has 2 aromatic carbocycles. The third-order valence-corrected chi connectivity index (χ3v) is 4.14. The minimum atomic E-state index is -0.255. The summed E-state index contributed by atoms with van der Waals surface area (Å²) in [7, 11) is 0. The molecule has 0 bridgehead atoms. The first kappa shape index (κ1) is 19.7. The van der Waals surface area contributed by atoms with Crippen molar-refractivity contribution in [2.75, 3.05) is 6.61 Å².